The van der Waals surface area contributed by atoms with Gasteiger partial charge in [0.1, 0.15) is 0 Å². The fourth-order valence-corrected chi connectivity index (χ4v) is 6.97. The first kappa shape index (κ1) is 29.1. The number of halogens is 1. The van der Waals surface area contributed by atoms with Gasteiger partial charge in [0.15, 0.2) is 5.65 Å². The van der Waals surface area contributed by atoms with E-state index in [4.69, 9.17) is 21.1 Å². The quantitative estimate of drug-likeness (QED) is 0.239. The molecule has 9 nitrogen and oxygen atoms in total. The van der Waals surface area contributed by atoms with Gasteiger partial charge in [0, 0.05) is 54.6 Å². The number of fused-ring (bicyclic) bond motifs is 1. The molecular weight excluding hydrogens is 588 g/mol. The van der Waals surface area contributed by atoms with Gasteiger partial charge in [-0.25, -0.2) is 17.4 Å². The van der Waals surface area contributed by atoms with E-state index in [1.165, 1.54) is 10.0 Å². The van der Waals surface area contributed by atoms with E-state index in [1.807, 2.05) is 37.3 Å². The Bertz CT molecular complexity index is 1960. The first-order chi connectivity index (χ1) is 20.7. The molecule has 43 heavy (non-hydrogen) atoms. The van der Waals surface area contributed by atoms with Crippen molar-refractivity contribution in [3.63, 3.8) is 0 Å². The number of aryl methyl sites for hydroxylation is 1. The van der Waals surface area contributed by atoms with Crippen molar-refractivity contribution in [2.24, 2.45) is 0 Å². The highest BCUT2D eigenvalue weighted by atomic mass is 35.5. The van der Waals surface area contributed by atoms with Crippen LogP contribution in [0.25, 0.3) is 22.2 Å². The number of nitrogens with zero attached hydrogens (tertiary/aromatic N) is 4. The van der Waals surface area contributed by atoms with Crippen LogP contribution in [0.1, 0.15) is 16.7 Å². The number of anilines is 1. The second-order valence-corrected chi connectivity index (χ2v) is 12.9. The van der Waals surface area contributed by atoms with Crippen LogP contribution in [-0.2, 0) is 32.6 Å². The molecule has 5 aromatic rings. The van der Waals surface area contributed by atoms with Crippen molar-refractivity contribution in [2.75, 3.05) is 38.3 Å². The summed E-state index contributed by atoms with van der Waals surface area (Å²) in [5.41, 5.74) is 4.86. The lowest BCUT2D eigenvalue weighted by Crippen LogP contribution is -2.36. The molecule has 0 bridgehead atoms. The molecule has 0 radical (unpaired) electrons. The van der Waals surface area contributed by atoms with Crippen molar-refractivity contribution in [1.29, 1.82) is 0 Å². The lowest BCUT2D eigenvalue weighted by Gasteiger charge is -2.28. The second-order valence-electron chi connectivity index (χ2n) is 10.6. The van der Waals surface area contributed by atoms with Gasteiger partial charge in [-0.15, -0.1) is 0 Å². The van der Waals surface area contributed by atoms with Gasteiger partial charge in [-0.05, 0) is 60.0 Å². The van der Waals surface area contributed by atoms with Crippen molar-refractivity contribution >= 4 is 38.3 Å². The maximum atomic E-state index is 13.8. The van der Waals surface area contributed by atoms with Crippen LogP contribution < -0.4 is 10.5 Å². The third-order valence-electron chi connectivity index (χ3n) is 7.54. The Kier molecular flexibility index (Phi) is 8.11. The Labute approximate surface area is 254 Å². The van der Waals surface area contributed by atoms with Crippen molar-refractivity contribution in [2.45, 2.75) is 25.0 Å². The second kappa shape index (κ2) is 12.0. The third kappa shape index (κ3) is 5.96. The Morgan fingerprint density at radius 2 is 1.74 bits per heavy atom. The van der Waals surface area contributed by atoms with Crippen LogP contribution in [-0.4, -0.2) is 55.4 Å². The van der Waals surface area contributed by atoms with E-state index >= 15 is 0 Å². The van der Waals surface area contributed by atoms with Crippen LogP contribution in [0.5, 0.6) is 0 Å². The molecule has 0 spiro atoms. The van der Waals surface area contributed by atoms with Gasteiger partial charge in [-0.2, -0.15) is 0 Å². The van der Waals surface area contributed by atoms with E-state index in [0.717, 1.165) is 22.4 Å². The number of morpholine rings is 1. The summed E-state index contributed by atoms with van der Waals surface area (Å²) in [5.74, 6) is 0. The van der Waals surface area contributed by atoms with E-state index in [1.54, 1.807) is 54.5 Å². The number of benzene rings is 2. The van der Waals surface area contributed by atoms with Crippen molar-refractivity contribution < 1.29 is 17.9 Å². The molecule has 0 unspecified atom stereocenters. The average molecular weight is 619 g/mol. The summed E-state index contributed by atoms with van der Waals surface area (Å²) < 4.78 is 41.2. The van der Waals surface area contributed by atoms with Crippen LogP contribution in [0.2, 0.25) is 5.02 Å². The molecule has 6 rings (SSSR count). The molecule has 0 atom stereocenters. The van der Waals surface area contributed by atoms with Crippen LogP contribution in [0.4, 0.5) is 5.69 Å². The van der Waals surface area contributed by atoms with Gasteiger partial charge >= 0.3 is 0 Å². The summed E-state index contributed by atoms with van der Waals surface area (Å²) in [4.78, 5) is 20.3. The summed E-state index contributed by atoms with van der Waals surface area (Å²) >= 11 is 6.30. The topological polar surface area (TPSA) is 95.7 Å². The summed E-state index contributed by atoms with van der Waals surface area (Å²) in [6.45, 7) is 5.26. The van der Waals surface area contributed by atoms with Gasteiger partial charge in [0.05, 0.1) is 43.1 Å². The largest absolute Gasteiger partial charge is 0.380 e. The van der Waals surface area contributed by atoms with Crippen LogP contribution in [0, 0.1) is 6.92 Å². The molecule has 4 heterocycles. The maximum Gasteiger partial charge on any atom is 0.269 e. The molecule has 3 aromatic heterocycles. The lowest BCUT2D eigenvalue weighted by molar-refractivity contribution is 0.122. The molecule has 2 aromatic carbocycles. The number of rotatable bonds is 8. The van der Waals surface area contributed by atoms with E-state index in [9.17, 15) is 13.2 Å². The van der Waals surface area contributed by atoms with Crippen molar-refractivity contribution in [3.8, 4) is 11.1 Å². The van der Waals surface area contributed by atoms with E-state index in [2.05, 4.69) is 9.88 Å². The zero-order chi connectivity index (χ0) is 30.1. The van der Waals surface area contributed by atoms with E-state index in [0.29, 0.717) is 66.6 Å². The molecule has 1 aliphatic heterocycles. The fourth-order valence-electron chi connectivity index (χ4n) is 5.36. The predicted octanol–water partition coefficient (Wildman–Crippen LogP) is 5.10. The summed E-state index contributed by atoms with van der Waals surface area (Å²) in [6, 6.07) is 17.6. The molecule has 1 aliphatic rings. The smallest absolute Gasteiger partial charge is 0.269 e. The first-order valence-electron chi connectivity index (χ1n) is 13.9. The Hall–Kier alpha value is -3.96. The number of methoxy groups -OCH3 is 1. The molecule has 222 valence electrons. The molecular formula is C32H31ClN4O5S. The average Bonchev–Trinajstić information content (AvgIpc) is 3.39. The summed E-state index contributed by atoms with van der Waals surface area (Å²) in [6.07, 6.45) is 4.97. The van der Waals surface area contributed by atoms with Gasteiger partial charge in [0.2, 0.25) is 0 Å². The third-order valence-corrected chi connectivity index (χ3v) is 9.42. The predicted molar refractivity (Wildman–Crippen MR) is 167 cm³/mol. The normalized spacial score (nSPS) is 14.0. The molecule has 1 saturated heterocycles. The highest BCUT2D eigenvalue weighted by Gasteiger charge is 2.24. The van der Waals surface area contributed by atoms with E-state index < -0.39 is 10.0 Å². The highest BCUT2D eigenvalue weighted by molar-refractivity contribution is 7.90. The first-order valence-corrected chi connectivity index (χ1v) is 15.7. The number of hydrogen-bond donors (Lipinski definition) is 0. The van der Waals surface area contributed by atoms with Gasteiger partial charge in [-0.3, -0.25) is 4.79 Å². The van der Waals surface area contributed by atoms with Crippen LogP contribution in [0.15, 0.2) is 88.9 Å². The minimum Gasteiger partial charge on any atom is -0.380 e. The standard InChI is InChI=1S/C32H31ClN4O5S/c1-22-3-5-28(6-4-22)43(39,40)37-20-30(29-17-27(18-34-32(29)37)35-9-11-42-12-10-35)25-7-8-36(31(38)16-25)19-23-13-24(21-41-2)15-26(33)14-23/h3-8,13-18,20H,9-12,19,21H2,1-2H3. The van der Waals surface area contributed by atoms with Gasteiger partial charge < -0.3 is 18.9 Å². The zero-order valence-electron chi connectivity index (χ0n) is 23.9. The molecule has 0 aliphatic carbocycles. The summed E-state index contributed by atoms with van der Waals surface area (Å²) in [5, 5.41) is 1.20. The molecule has 11 heteroatoms. The number of ether oxygens (including phenoxy) is 2. The summed E-state index contributed by atoms with van der Waals surface area (Å²) in [7, 11) is -2.35. The minimum atomic E-state index is -3.96. The molecule has 1 fully saturated rings. The highest BCUT2D eigenvalue weighted by Crippen LogP contribution is 2.34. The molecule has 0 amide bonds. The zero-order valence-corrected chi connectivity index (χ0v) is 25.4. The SMILES string of the molecule is COCc1cc(Cl)cc(Cn2ccc(-c3cn(S(=O)(=O)c4ccc(C)cc4)c4ncc(N5CCOCC5)cc34)cc2=O)c1. The van der Waals surface area contributed by atoms with Gasteiger partial charge in [-0.1, -0.05) is 35.4 Å². The number of aromatic nitrogens is 3. The molecule has 0 saturated carbocycles. The monoisotopic (exact) mass is 618 g/mol. The maximum absolute atomic E-state index is 13.8. The van der Waals surface area contributed by atoms with Crippen molar-refractivity contribution in [3.05, 3.63) is 111 Å². The fraction of sp³-hybridized carbons (Fsp3) is 0.250. The Balaban J connectivity index is 1.44. The Morgan fingerprint density at radius 1 is 1.00 bits per heavy atom. The number of hydrogen-bond acceptors (Lipinski definition) is 7. The number of pyridine rings is 2. The van der Waals surface area contributed by atoms with E-state index in [-0.39, 0.29) is 10.5 Å². The molecule has 0 N–H and O–H groups in total. The Morgan fingerprint density at radius 3 is 2.47 bits per heavy atom. The van der Waals surface area contributed by atoms with Crippen LogP contribution in [0.3, 0.4) is 0 Å². The lowest BCUT2D eigenvalue weighted by atomic mass is 10.1. The van der Waals surface area contributed by atoms with Crippen molar-refractivity contribution in [1.82, 2.24) is 13.5 Å². The minimum absolute atomic E-state index is 0.158. The van der Waals surface area contributed by atoms with Gasteiger partial charge in [0.25, 0.3) is 15.6 Å². The van der Waals surface area contributed by atoms with Crippen LogP contribution >= 0.6 is 11.6 Å².